The molecule has 0 aromatic heterocycles. The minimum Gasteiger partial charge on any atom is -0.463 e. The highest BCUT2D eigenvalue weighted by Gasteiger charge is 2.63. The molecule has 2 aromatic rings. The monoisotopic (exact) mass is 452 g/mol. The Kier molecular flexibility index (Phi) is 6.82. The van der Waals surface area contributed by atoms with Crippen molar-refractivity contribution >= 4 is 17.6 Å². The highest BCUT2D eigenvalue weighted by Crippen LogP contribution is 2.36. The summed E-state index contributed by atoms with van der Waals surface area (Å²) in [5.74, 6) is -4.23. The van der Waals surface area contributed by atoms with Crippen LogP contribution in [0.5, 0.6) is 0 Å². The van der Waals surface area contributed by atoms with Gasteiger partial charge in [0, 0.05) is 11.3 Å². The second-order valence-corrected chi connectivity index (χ2v) is 6.13. The van der Waals surface area contributed by atoms with Gasteiger partial charge >= 0.3 is 24.0 Å². The molecule has 12 heteroatoms. The van der Waals surface area contributed by atoms with Gasteiger partial charge in [0.1, 0.15) is 5.82 Å². The maximum Gasteiger partial charge on any atom is 0.441 e. The average molecular weight is 452 g/mol. The summed E-state index contributed by atoms with van der Waals surface area (Å²) < 4.78 is 98.4. The first-order valence-corrected chi connectivity index (χ1v) is 8.57. The van der Waals surface area contributed by atoms with E-state index in [4.69, 9.17) is 0 Å². The number of carbonyl (C=O) groups is 2. The van der Waals surface area contributed by atoms with Crippen molar-refractivity contribution in [1.29, 1.82) is 0 Å². The van der Waals surface area contributed by atoms with Gasteiger partial charge in [0.2, 0.25) is 0 Å². The van der Waals surface area contributed by atoms with Gasteiger partial charge in [-0.2, -0.15) is 26.3 Å². The Labute approximate surface area is 171 Å². The summed E-state index contributed by atoms with van der Waals surface area (Å²) in [6, 6.07) is 5.94. The first-order chi connectivity index (χ1) is 14.3. The fraction of sp³-hybridized carbons (Fsp3) is 0.263. The third kappa shape index (κ3) is 5.44. The van der Waals surface area contributed by atoms with Crippen molar-refractivity contribution in [3.05, 3.63) is 65.5 Å². The number of carbonyl (C=O) groups excluding carboxylic acids is 2. The van der Waals surface area contributed by atoms with Crippen molar-refractivity contribution in [3.8, 4) is 0 Å². The van der Waals surface area contributed by atoms with Gasteiger partial charge in [-0.3, -0.25) is 4.79 Å². The van der Waals surface area contributed by atoms with E-state index in [0.29, 0.717) is 12.1 Å². The quantitative estimate of drug-likeness (QED) is 0.385. The molecule has 0 aliphatic carbocycles. The van der Waals surface area contributed by atoms with Gasteiger partial charge in [-0.15, -0.1) is 0 Å². The minimum atomic E-state index is -5.55. The molecule has 5 nitrogen and oxygen atoms in total. The van der Waals surface area contributed by atoms with Crippen molar-refractivity contribution < 1.29 is 45.1 Å². The molecule has 0 heterocycles. The molecule has 0 aliphatic heterocycles. The molecule has 168 valence electrons. The van der Waals surface area contributed by atoms with E-state index in [2.05, 4.69) is 4.74 Å². The number of amides is 1. The molecular weight excluding hydrogens is 437 g/mol. The molecule has 0 saturated heterocycles. The molecule has 1 amide bonds. The first kappa shape index (κ1) is 24.0. The van der Waals surface area contributed by atoms with E-state index in [0.717, 1.165) is 36.4 Å². The zero-order valence-electron chi connectivity index (χ0n) is 15.7. The Hall–Kier alpha value is -3.31. The van der Waals surface area contributed by atoms with E-state index in [-0.39, 0.29) is 0 Å². The molecule has 0 radical (unpaired) electrons. The van der Waals surface area contributed by atoms with Crippen LogP contribution in [0.4, 0.5) is 36.4 Å². The van der Waals surface area contributed by atoms with Crippen molar-refractivity contribution in [2.24, 2.45) is 0 Å². The fourth-order valence-corrected chi connectivity index (χ4v) is 2.46. The van der Waals surface area contributed by atoms with Gasteiger partial charge in [0.25, 0.3) is 5.91 Å². The number of ether oxygens (including phenoxy) is 1. The Bertz CT molecular complexity index is 943. The predicted molar refractivity (Wildman–Crippen MR) is 94.4 cm³/mol. The zero-order valence-corrected chi connectivity index (χ0v) is 15.7. The summed E-state index contributed by atoms with van der Waals surface area (Å²) in [5, 5.41) is 3.08. The SMILES string of the molecule is CCOC(=O)[C@](NC(=O)c1ccc(F)cc1)(Nc1cccc(C(F)(F)F)c1)C(F)(F)F. The smallest absolute Gasteiger partial charge is 0.441 e. The Balaban J connectivity index is 2.54. The molecule has 31 heavy (non-hydrogen) atoms. The average Bonchev–Trinajstić information content (AvgIpc) is 2.66. The Morgan fingerprint density at radius 1 is 0.968 bits per heavy atom. The second-order valence-electron chi connectivity index (χ2n) is 6.13. The van der Waals surface area contributed by atoms with Gasteiger partial charge in [0.15, 0.2) is 0 Å². The summed E-state index contributed by atoms with van der Waals surface area (Å²) in [6.45, 7) is 0.679. The number of hydrogen-bond acceptors (Lipinski definition) is 4. The van der Waals surface area contributed by atoms with Gasteiger partial charge in [0.05, 0.1) is 12.2 Å². The summed E-state index contributed by atoms with van der Waals surface area (Å²) in [5.41, 5.74) is -6.43. The lowest BCUT2D eigenvalue weighted by Gasteiger charge is -2.35. The summed E-state index contributed by atoms with van der Waals surface area (Å²) >= 11 is 0. The van der Waals surface area contributed by atoms with Crippen LogP contribution in [0.25, 0.3) is 0 Å². The molecule has 0 spiro atoms. The Morgan fingerprint density at radius 3 is 2.10 bits per heavy atom. The molecule has 0 unspecified atom stereocenters. The summed E-state index contributed by atoms with van der Waals surface area (Å²) in [7, 11) is 0. The summed E-state index contributed by atoms with van der Waals surface area (Å²) in [4.78, 5) is 24.7. The van der Waals surface area contributed by atoms with Crippen molar-refractivity contribution in [3.63, 3.8) is 0 Å². The molecule has 2 aromatic carbocycles. The second kappa shape index (κ2) is 8.82. The van der Waals surface area contributed by atoms with Crippen LogP contribution in [0.2, 0.25) is 0 Å². The number of esters is 1. The van der Waals surface area contributed by atoms with Crippen molar-refractivity contribution in [2.45, 2.75) is 24.9 Å². The lowest BCUT2D eigenvalue weighted by molar-refractivity contribution is -0.204. The van der Waals surface area contributed by atoms with Crippen LogP contribution >= 0.6 is 0 Å². The molecule has 0 bridgehead atoms. The molecular formula is C19H15F7N2O3. The molecule has 2 rings (SSSR count). The van der Waals surface area contributed by atoms with E-state index in [1.165, 1.54) is 12.2 Å². The van der Waals surface area contributed by atoms with Crippen LogP contribution in [0.15, 0.2) is 48.5 Å². The van der Waals surface area contributed by atoms with Crippen LogP contribution in [0, 0.1) is 5.82 Å². The Morgan fingerprint density at radius 2 is 1.58 bits per heavy atom. The largest absolute Gasteiger partial charge is 0.463 e. The number of rotatable bonds is 6. The van der Waals surface area contributed by atoms with Gasteiger partial charge in [-0.05, 0) is 49.4 Å². The predicted octanol–water partition coefficient (Wildman–Crippen LogP) is 4.51. The number of hydrogen-bond donors (Lipinski definition) is 2. The molecule has 0 fully saturated rings. The van der Waals surface area contributed by atoms with Gasteiger partial charge in [-0.1, -0.05) is 6.07 Å². The van der Waals surface area contributed by atoms with Crippen molar-refractivity contribution in [1.82, 2.24) is 5.32 Å². The molecule has 1 atom stereocenters. The van der Waals surface area contributed by atoms with E-state index < -0.39 is 59.1 Å². The third-order valence-corrected chi connectivity index (χ3v) is 3.94. The highest BCUT2D eigenvalue weighted by atomic mass is 19.4. The number of alkyl halides is 6. The van der Waals surface area contributed by atoms with Crippen molar-refractivity contribution in [2.75, 3.05) is 11.9 Å². The van der Waals surface area contributed by atoms with E-state index in [1.807, 2.05) is 0 Å². The van der Waals surface area contributed by atoms with E-state index in [9.17, 15) is 40.3 Å². The number of halogens is 7. The van der Waals surface area contributed by atoms with Crippen LogP contribution in [-0.4, -0.2) is 30.3 Å². The lowest BCUT2D eigenvalue weighted by atomic mass is 10.1. The van der Waals surface area contributed by atoms with E-state index in [1.54, 1.807) is 5.32 Å². The number of nitrogens with one attached hydrogen (secondary N) is 2. The van der Waals surface area contributed by atoms with Crippen LogP contribution in [0.3, 0.4) is 0 Å². The zero-order chi connectivity index (χ0) is 23.4. The van der Waals surface area contributed by atoms with Crippen LogP contribution < -0.4 is 10.6 Å². The first-order valence-electron chi connectivity index (χ1n) is 8.57. The number of anilines is 1. The summed E-state index contributed by atoms with van der Waals surface area (Å²) in [6.07, 6.45) is -10.4. The standard InChI is InChI=1S/C19H15F7N2O3/c1-2-31-16(30)17(19(24,25)26,28-15(29)11-6-8-13(20)9-7-11)27-14-5-3-4-12(10-14)18(21,22)23/h3-10,27H,2H2,1H3,(H,28,29)/t17-/m1/s1. The lowest BCUT2D eigenvalue weighted by Crippen LogP contribution is -2.69. The van der Waals surface area contributed by atoms with Crippen LogP contribution in [0.1, 0.15) is 22.8 Å². The van der Waals surface area contributed by atoms with E-state index >= 15 is 0 Å². The third-order valence-electron chi connectivity index (χ3n) is 3.94. The fourth-order valence-electron chi connectivity index (χ4n) is 2.46. The molecule has 0 saturated carbocycles. The van der Waals surface area contributed by atoms with Gasteiger partial charge in [-0.25, -0.2) is 9.18 Å². The van der Waals surface area contributed by atoms with Crippen LogP contribution in [-0.2, 0) is 15.7 Å². The topological polar surface area (TPSA) is 67.4 Å². The van der Waals surface area contributed by atoms with Gasteiger partial charge < -0.3 is 15.4 Å². The molecule has 2 N–H and O–H groups in total. The minimum absolute atomic E-state index is 0.337. The maximum absolute atomic E-state index is 14.0. The normalized spacial score (nSPS) is 13.8. The maximum atomic E-state index is 14.0. The number of benzene rings is 2. The molecule has 0 aliphatic rings. The highest BCUT2D eigenvalue weighted by molar-refractivity contribution is 5.99.